The van der Waals surface area contributed by atoms with Gasteiger partial charge < -0.3 is 20.4 Å². The van der Waals surface area contributed by atoms with Gasteiger partial charge >= 0.3 is 6.03 Å². The number of hydrogen-bond donors (Lipinski definition) is 3. The molecule has 4 rings (SSSR count). The van der Waals surface area contributed by atoms with Gasteiger partial charge in [0.2, 0.25) is 0 Å². The SMILES string of the molecule is CCOCc1ccc(C)c(Nc2cnc(-c3ccc(N4CCNC4=O)cc3)[nH]2)c1. The van der Waals surface area contributed by atoms with E-state index < -0.39 is 0 Å². The number of carbonyl (C=O) groups excluding carboxylic acids is 1. The van der Waals surface area contributed by atoms with Crippen LogP contribution in [0.5, 0.6) is 0 Å². The van der Waals surface area contributed by atoms with Crippen LogP contribution in [0.1, 0.15) is 18.1 Å². The van der Waals surface area contributed by atoms with Gasteiger partial charge in [0.15, 0.2) is 0 Å². The molecule has 29 heavy (non-hydrogen) atoms. The van der Waals surface area contributed by atoms with Gasteiger partial charge in [0.25, 0.3) is 0 Å². The Balaban J connectivity index is 1.48. The highest BCUT2D eigenvalue weighted by atomic mass is 16.5. The highest BCUT2D eigenvalue weighted by Crippen LogP contribution is 2.25. The van der Waals surface area contributed by atoms with Crippen LogP contribution in [0.3, 0.4) is 0 Å². The second-order valence-electron chi connectivity index (χ2n) is 6.99. The average molecular weight is 391 g/mol. The molecule has 7 heteroatoms. The Hall–Kier alpha value is -3.32. The summed E-state index contributed by atoms with van der Waals surface area (Å²) in [6.07, 6.45) is 1.78. The van der Waals surface area contributed by atoms with Crippen molar-refractivity contribution in [2.75, 3.05) is 29.9 Å². The summed E-state index contributed by atoms with van der Waals surface area (Å²) in [6, 6.07) is 14.0. The lowest BCUT2D eigenvalue weighted by atomic mass is 10.1. The molecule has 2 aromatic carbocycles. The number of urea groups is 1. The molecule has 0 saturated carbocycles. The van der Waals surface area contributed by atoms with Crippen molar-refractivity contribution < 1.29 is 9.53 Å². The second kappa shape index (κ2) is 8.36. The molecule has 7 nitrogen and oxygen atoms in total. The van der Waals surface area contributed by atoms with E-state index in [0.29, 0.717) is 26.3 Å². The van der Waals surface area contributed by atoms with Crippen molar-refractivity contribution in [1.29, 1.82) is 0 Å². The molecular formula is C22H25N5O2. The van der Waals surface area contributed by atoms with E-state index >= 15 is 0 Å². The minimum atomic E-state index is -0.0517. The number of carbonyl (C=O) groups is 1. The molecule has 1 aliphatic heterocycles. The third-order valence-corrected chi connectivity index (χ3v) is 4.93. The number of benzene rings is 2. The molecular weight excluding hydrogens is 366 g/mol. The Morgan fingerprint density at radius 2 is 2.03 bits per heavy atom. The van der Waals surface area contributed by atoms with Gasteiger partial charge in [-0.25, -0.2) is 9.78 Å². The van der Waals surface area contributed by atoms with E-state index in [-0.39, 0.29) is 6.03 Å². The van der Waals surface area contributed by atoms with Gasteiger partial charge in [-0.2, -0.15) is 0 Å². The summed E-state index contributed by atoms with van der Waals surface area (Å²) in [5, 5.41) is 6.22. The minimum Gasteiger partial charge on any atom is -0.377 e. The molecule has 2 amide bonds. The number of H-pyrrole nitrogens is 1. The van der Waals surface area contributed by atoms with E-state index in [1.54, 1.807) is 11.1 Å². The van der Waals surface area contributed by atoms with Gasteiger partial charge in [-0.15, -0.1) is 0 Å². The average Bonchev–Trinajstić information content (AvgIpc) is 3.38. The number of imidazole rings is 1. The number of amides is 2. The summed E-state index contributed by atoms with van der Waals surface area (Å²) in [6.45, 7) is 6.72. The zero-order valence-electron chi connectivity index (χ0n) is 16.7. The first-order chi connectivity index (χ1) is 14.1. The third-order valence-electron chi connectivity index (χ3n) is 4.93. The number of nitrogens with one attached hydrogen (secondary N) is 3. The number of aromatic amines is 1. The van der Waals surface area contributed by atoms with Crippen LogP contribution in [0.15, 0.2) is 48.7 Å². The van der Waals surface area contributed by atoms with E-state index in [9.17, 15) is 4.79 Å². The molecule has 1 aromatic heterocycles. The normalized spacial score (nSPS) is 13.6. The molecule has 3 N–H and O–H groups in total. The maximum Gasteiger partial charge on any atom is 0.321 e. The van der Waals surface area contributed by atoms with Crippen molar-refractivity contribution in [1.82, 2.24) is 15.3 Å². The predicted molar refractivity (Wildman–Crippen MR) is 115 cm³/mol. The Labute approximate surface area is 170 Å². The smallest absolute Gasteiger partial charge is 0.321 e. The molecule has 0 unspecified atom stereocenters. The van der Waals surface area contributed by atoms with Gasteiger partial charge in [-0.3, -0.25) is 4.90 Å². The lowest BCUT2D eigenvalue weighted by molar-refractivity contribution is 0.134. The Morgan fingerprint density at radius 1 is 1.21 bits per heavy atom. The van der Waals surface area contributed by atoms with E-state index in [2.05, 4.69) is 45.7 Å². The van der Waals surface area contributed by atoms with Crippen molar-refractivity contribution in [3.05, 3.63) is 59.8 Å². The van der Waals surface area contributed by atoms with E-state index in [4.69, 9.17) is 4.74 Å². The fourth-order valence-corrected chi connectivity index (χ4v) is 3.31. The molecule has 150 valence electrons. The van der Waals surface area contributed by atoms with Crippen LogP contribution >= 0.6 is 0 Å². The van der Waals surface area contributed by atoms with Crippen LogP contribution in [0.2, 0.25) is 0 Å². The van der Waals surface area contributed by atoms with Crippen molar-refractivity contribution >= 4 is 23.2 Å². The second-order valence-corrected chi connectivity index (χ2v) is 6.99. The van der Waals surface area contributed by atoms with E-state index in [1.807, 2.05) is 31.2 Å². The molecule has 0 atom stereocenters. The van der Waals surface area contributed by atoms with Crippen LogP contribution in [0.4, 0.5) is 22.0 Å². The summed E-state index contributed by atoms with van der Waals surface area (Å²) in [7, 11) is 0. The number of rotatable bonds is 7. The molecule has 1 fully saturated rings. The predicted octanol–water partition coefficient (Wildman–Crippen LogP) is 4.19. The minimum absolute atomic E-state index is 0.0517. The summed E-state index contributed by atoms with van der Waals surface area (Å²) < 4.78 is 5.50. The van der Waals surface area contributed by atoms with Crippen LogP contribution in [-0.4, -0.2) is 35.7 Å². The molecule has 3 aromatic rings. The molecule has 1 saturated heterocycles. The highest BCUT2D eigenvalue weighted by Gasteiger charge is 2.20. The van der Waals surface area contributed by atoms with Crippen LogP contribution in [0.25, 0.3) is 11.4 Å². The van der Waals surface area contributed by atoms with Crippen molar-refractivity contribution in [3.63, 3.8) is 0 Å². The van der Waals surface area contributed by atoms with Crippen LogP contribution in [0, 0.1) is 6.92 Å². The van der Waals surface area contributed by atoms with E-state index in [0.717, 1.165) is 39.7 Å². The van der Waals surface area contributed by atoms with Gasteiger partial charge in [0, 0.05) is 36.6 Å². The zero-order chi connectivity index (χ0) is 20.2. The molecule has 2 heterocycles. The van der Waals surface area contributed by atoms with Gasteiger partial charge in [0.1, 0.15) is 11.6 Å². The number of nitrogens with zero attached hydrogens (tertiary/aromatic N) is 2. The molecule has 0 aliphatic carbocycles. The largest absolute Gasteiger partial charge is 0.377 e. The van der Waals surface area contributed by atoms with Crippen LogP contribution in [-0.2, 0) is 11.3 Å². The quantitative estimate of drug-likeness (QED) is 0.564. The number of ether oxygens (including phenoxy) is 1. The summed E-state index contributed by atoms with van der Waals surface area (Å²) >= 11 is 0. The number of aryl methyl sites for hydroxylation is 1. The first-order valence-corrected chi connectivity index (χ1v) is 9.79. The third kappa shape index (κ3) is 4.25. The van der Waals surface area contributed by atoms with Crippen molar-refractivity contribution in [2.45, 2.75) is 20.5 Å². The molecule has 0 bridgehead atoms. The topological polar surface area (TPSA) is 82.3 Å². The highest BCUT2D eigenvalue weighted by molar-refractivity contribution is 5.94. The Kier molecular flexibility index (Phi) is 5.48. The Bertz CT molecular complexity index is 997. The monoisotopic (exact) mass is 391 g/mol. The van der Waals surface area contributed by atoms with E-state index in [1.165, 1.54) is 0 Å². The fourth-order valence-electron chi connectivity index (χ4n) is 3.31. The first-order valence-electron chi connectivity index (χ1n) is 9.79. The van der Waals surface area contributed by atoms with Crippen molar-refractivity contribution in [2.24, 2.45) is 0 Å². The fraction of sp³-hybridized carbons (Fsp3) is 0.273. The summed E-state index contributed by atoms with van der Waals surface area (Å²) in [5.74, 6) is 1.59. The number of aromatic nitrogens is 2. The maximum atomic E-state index is 11.8. The number of hydrogen-bond acceptors (Lipinski definition) is 4. The van der Waals surface area contributed by atoms with Gasteiger partial charge in [-0.05, 0) is 55.3 Å². The Morgan fingerprint density at radius 3 is 2.76 bits per heavy atom. The summed E-state index contributed by atoms with van der Waals surface area (Å²) in [4.78, 5) is 21.3. The lowest BCUT2D eigenvalue weighted by Gasteiger charge is -2.14. The first kappa shape index (κ1) is 19.0. The number of anilines is 3. The van der Waals surface area contributed by atoms with Crippen LogP contribution < -0.4 is 15.5 Å². The maximum absolute atomic E-state index is 11.8. The molecule has 0 spiro atoms. The molecule has 0 radical (unpaired) electrons. The standard InChI is InChI=1S/C22H25N5O2/c1-3-29-14-16-5-4-15(2)19(12-16)25-20-13-24-21(26-20)17-6-8-18(9-7-17)27-11-10-23-22(27)28/h4-9,12-13,25H,3,10-11,14H2,1-2H3,(H,23,28)(H,24,26). The van der Waals surface area contributed by atoms with Gasteiger partial charge in [-0.1, -0.05) is 12.1 Å². The van der Waals surface area contributed by atoms with Gasteiger partial charge in [0.05, 0.1) is 12.8 Å². The zero-order valence-corrected chi connectivity index (χ0v) is 16.7. The molecule has 1 aliphatic rings. The van der Waals surface area contributed by atoms with Crippen molar-refractivity contribution in [3.8, 4) is 11.4 Å². The lowest BCUT2D eigenvalue weighted by Crippen LogP contribution is -2.27. The summed E-state index contributed by atoms with van der Waals surface area (Å²) in [5.41, 5.74) is 5.14.